The van der Waals surface area contributed by atoms with Gasteiger partial charge in [0.15, 0.2) is 5.13 Å². The Kier molecular flexibility index (Phi) is 5.14. The van der Waals surface area contributed by atoms with E-state index in [1.807, 2.05) is 25.1 Å². The van der Waals surface area contributed by atoms with Crippen molar-refractivity contribution >= 4 is 44.1 Å². The highest BCUT2D eigenvalue weighted by Gasteiger charge is 2.48. The quantitative estimate of drug-likeness (QED) is 0.273. The van der Waals surface area contributed by atoms with Gasteiger partial charge in [-0.25, -0.2) is 4.98 Å². The van der Waals surface area contributed by atoms with Crippen LogP contribution in [0.3, 0.4) is 0 Å². The first-order valence-corrected chi connectivity index (χ1v) is 11.0. The molecular weight excluding hydrogens is 438 g/mol. The summed E-state index contributed by atoms with van der Waals surface area (Å²) in [5.74, 6) is -1.07. The summed E-state index contributed by atoms with van der Waals surface area (Å²) in [4.78, 5) is 36.5. The molecule has 1 saturated heterocycles. The van der Waals surface area contributed by atoms with Crippen molar-refractivity contribution in [1.82, 2.24) is 9.97 Å². The third-order valence-electron chi connectivity index (χ3n) is 5.56. The fourth-order valence-electron chi connectivity index (χ4n) is 3.87. The van der Waals surface area contributed by atoms with E-state index in [1.165, 1.54) is 16.2 Å². The number of anilines is 1. The Balaban J connectivity index is 1.71. The zero-order valence-corrected chi connectivity index (χ0v) is 18.7. The van der Waals surface area contributed by atoms with E-state index in [-0.39, 0.29) is 11.3 Å². The van der Waals surface area contributed by atoms with Gasteiger partial charge < -0.3 is 9.84 Å². The average Bonchev–Trinajstić information content (AvgIpc) is 3.37. The van der Waals surface area contributed by atoms with Crippen LogP contribution in [0.25, 0.3) is 16.0 Å². The van der Waals surface area contributed by atoms with Gasteiger partial charge in [0.25, 0.3) is 5.78 Å². The monoisotopic (exact) mass is 457 g/mol. The van der Waals surface area contributed by atoms with Gasteiger partial charge in [0, 0.05) is 18.0 Å². The lowest BCUT2D eigenvalue weighted by molar-refractivity contribution is -0.132. The molecule has 1 amide bonds. The van der Waals surface area contributed by atoms with Crippen molar-refractivity contribution in [2.24, 2.45) is 0 Å². The number of aliphatic hydroxyl groups excluding tert-OH is 1. The summed E-state index contributed by atoms with van der Waals surface area (Å²) in [5, 5.41) is 11.5. The summed E-state index contributed by atoms with van der Waals surface area (Å²) in [7, 11) is 1.58. The molecule has 1 N–H and O–H groups in total. The van der Waals surface area contributed by atoms with E-state index in [9.17, 15) is 14.7 Å². The number of nitrogens with zero attached hydrogens (tertiary/aromatic N) is 3. The second-order valence-corrected chi connectivity index (χ2v) is 8.66. The maximum absolute atomic E-state index is 13.2. The molecule has 0 spiro atoms. The van der Waals surface area contributed by atoms with Gasteiger partial charge in [0.1, 0.15) is 11.5 Å². The number of ketones is 1. The lowest BCUT2D eigenvalue weighted by Gasteiger charge is -2.22. The number of pyridine rings is 1. The number of aryl methyl sites for hydroxylation is 1. The predicted octanol–water partition coefficient (Wildman–Crippen LogP) is 4.63. The Morgan fingerprint density at radius 1 is 1.12 bits per heavy atom. The number of aliphatic hydroxyl groups is 1. The minimum Gasteiger partial charge on any atom is -0.507 e. The van der Waals surface area contributed by atoms with Crippen LogP contribution in [-0.2, 0) is 9.59 Å². The van der Waals surface area contributed by atoms with E-state index >= 15 is 0 Å². The topological polar surface area (TPSA) is 92.6 Å². The molecule has 7 nitrogen and oxygen atoms in total. The number of thiazole rings is 1. The number of hydrogen-bond donors (Lipinski definition) is 1. The number of benzene rings is 2. The number of carbonyl (C=O) groups is 2. The van der Waals surface area contributed by atoms with E-state index < -0.39 is 17.7 Å². The van der Waals surface area contributed by atoms with Gasteiger partial charge in [-0.05, 0) is 36.8 Å². The molecule has 5 rings (SSSR count). The highest BCUT2D eigenvalue weighted by Crippen LogP contribution is 2.44. The standard InChI is InChI=1S/C25H19N3O4S/c1-14-5-7-15(8-6-14)22(29)20-21(16-4-3-11-26-13-16)28(24(31)23(20)30)25-27-18-10-9-17(32-2)12-19(18)33-25/h3-13,21,29H,1-2H3. The Morgan fingerprint density at radius 3 is 2.61 bits per heavy atom. The maximum Gasteiger partial charge on any atom is 0.301 e. The first kappa shape index (κ1) is 20.8. The smallest absolute Gasteiger partial charge is 0.301 e. The minimum atomic E-state index is -0.859. The van der Waals surface area contributed by atoms with E-state index in [4.69, 9.17) is 4.74 Å². The summed E-state index contributed by atoms with van der Waals surface area (Å²) in [6, 6.07) is 15.2. The van der Waals surface area contributed by atoms with E-state index in [2.05, 4.69) is 9.97 Å². The van der Waals surface area contributed by atoms with E-state index in [0.29, 0.717) is 27.5 Å². The minimum absolute atomic E-state index is 0.00805. The molecule has 2 aromatic carbocycles. The highest BCUT2D eigenvalue weighted by molar-refractivity contribution is 7.22. The molecule has 164 valence electrons. The van der Waals surface area contributed by atoms with Crippen LogP contribution < -0.4 is 9.64 Å². The Morgan fingerprint density at radius 2 is 1.91 bits per heavy atom. The van der Waals surface area contributed by atoms with Crippen LogP contribution in [0.2, 0.25) is 0 Å². The van der Waals surface area contributed by atoms with Crippen LogP contribution in [-0.4, -0.2) is 33.9 Å². The van der Waals surface area contributed by atoms with Gasteiger partial charge in [-0.2, -0.15) is 0 Å². The molecule has 3 heterocycles. The molecule has 1 aliphatic heterocycles. The second kappa shape index (κ2) is 8.14. The van der Waals surface area contributed by atoms with Crippen LogP contribution >= 0.6 is 11.3 Å². The number of methoxy groups -OCH3 is 1. The third kappa shape index (κ3) is 3.54. The SMILES string of the molecule is COc1ccc2nc(N3C(=O)C(=O)C(=C(O)c4ccc(C)cc4)C3c3cccnc3)sc2c1. The normalized spacial score (nSPS) is 17.6. The highest BCUT2D eigenvalue weighted by atomic mass is 32.1. The summed E-state index contributed by atoms with van der Waals surface area (Å²) in [5.41, 5.74) is 2.76. The first-order chi connectivity index (χ1) is 16.0. The lowest BCUT2D eigenvalue weighted by Crippen LogP contribution is -2.29. The molecule has 8 heteroatoms. The van der Waals surface area contributed by atoms with Crippen LogP contribution in [0.5, 0.6) is 5.75 Å². The van der Waals surface area contributed by atoms with Gasteiger partial charge in [-0.15, -0.1) is 0 Å². The van der Waals surface area contributed by atoms with Crippen molar-refractivity contribution in [3.63, 3.8) is 0 Å². The molecule has 4 aromatic rings. The molecule has 33 heavy (non-hydrogen) atoms. The van der Waals surface area contributed by atoms with Gasteiger partial charge in [0.05, 0.1) is 28.9 Å². The van der Waals surface area contributed by atoms with Crippen molar-refractivity contribution in [3.8, 4) is 5.75 Å². The zero-order valence-electron chi connectivity index (χ0n) is 17.9. The van der Waals surface area contributed by atoms with Crippen LogP contribution in [0, 0.1) is 6.92 Å². The second-order valence-electron chi connectivity index (χ2n) is 7.65. The molecule has 2 aromatic heterocycles. The zero-order chi connectivity index (χ0) is 23.1. The van der Waals surface area contributed by atoms with Crippen molar-refractivity contribution in [2.75, 3.05) is 12.0 Å². The molecule has 1 fully saturated rings. The first-order valence-electron chi connectivity index (χ1n) is 10.2. The number of Topliss-reactive ketones (excluding diaryl/α,β-unsaturated/α-hetero) is 1. The Labute approximate surface area is 193 Å². The molecule has 1 atom stereocenters. The Bertz CT molecular complexity index is 1410. The van der Waals surface area contributed by atoms with Crippen LogP contribution in [0.1, 0.15) is 22.7 Å². The largest absolute Gasteiger partial charge is 0.507 e. The van der Waals surface area contributed by atoms with Crippen molar-refractivity contribution in [2.45, 2.75) is 13.0 Å². The number of ether oxygens (including phenoxy) is 1. The lowest BCUT2D eigenvalue weighted by atomic mass is 9.96. The van der Waals surface area contributed by atoms with Gasteiger partial charge in [-0.1, -0.05) is 47.2 Å². The molecule has 0 radical (unpaired) electrons. The Hall–Kier alpha value is -4.04. The average molecular weight is 458 g/mol. The summed E-state index contributed by atoms with van der Waals surface area (Å²) < 4.78 is 6.10. The number of rotatable bonds is 4. The number of aromatic nitrogens is 2. The summed E-state index contributed by atoms with van der Waals surface area (Å²) in [6.07, 6.45) is 3.20. The van der Waals surface area contributed by atoms with Crippen molar-refractivity contribution < 1.29 is 19.4 Å². The number of carbonyl (C=O) groups excluding carboxylic acids is 2. The van der Waals surface area contributed by atoms with Crippen LogP contribution in [0.4, 0.5) is 5.13 Å². The third-order valence-corrected chi connectivity index (χ3v) is 6.58. The molecule has 1 aliphatic rings. The molecule has 0 bridgehead atoms. The van der Waals surface area contributed by atoms with Gasteiger partial charge in [-0.3, -0.25) is 19.5 Å². The van der Waals surface area contributed by atoms with Crippen molar-refractivity contribution in [1.29, 1.82) is 0 Å². The van der Waals surface area contributed by atoms with Gasteiger partial charge in [0.2, 0.25) is 0 Å². The van der Waals surface area contributed by atoms with Gasteiger partial charge >= 0.3 is 5.91 Å². The summed E-state index contributed by atoms with van der Waals surface area (Å²) >= 11 is 1.28. The number of fused-ring (bicyclic) bond motifs is 1. The fourth-order valence-corrected chi connectivity index (χ4v) is 4.89. The fraction of sp³-hybridized carbons (Fsp3) is 0.120. The molecule has 0 saturated carbocycles. The summed E-state index contributed by atoms with van der Waals surface area (Å²) in [6.45, 7) is 1.93. The van der Waals surface area contributed by atoms with Crippen molar-refractivity contribution in [3.05, 3.63) is 89.3 Å². The number of amides is 1. The van der Waals surface area contributed by atoms with E-state index in [0.717, 1.165) is 10.3 Å². The maximum atomic E-state index is 13.2. The van der Waals surface area contributed by atoms with E-state index in [1.54, 1.807) is 55.9 Å². The number of hydrogen-bond acceptors (Lipinski definition) is 7. The molecule has 0 aliphatic carbocycles. The molecule has 1 unspecified atom stereocenters. The molecular formula is C25H19N3O4S. The predicted molar refractivity (Wildman–Crippen MR) is 126 cm³/mol. The van der Waals surface area contributed by atoms with Crippen LogP contribution in [0.15, 0.2) is 72.6 Å².